The number of pyridine rings is 1. The van der Waals surface area contributed by atoms with Crippen LogP contribution in [0.4, 0.5) is 0 Å². The molecule has 7 heteroatoms. The van der Waals surface area contributed by atoms with E-state index in [0.29, 0.717) is 16.7 Å². The number of halogens is 1. The van der Waals surface area contributed by atoms with E-state index in [-0.39, 0.29) is 5.91 Å². The second kappa shape index (κ2) is 10.0. The van der Waals surface area contributed by atoms with E-state index in [1.54, 1.807) is 18.0 Å². The third kappa shape index (κ3) is 5.61. The number of fused-ring (bicyclic) bond motifs is 1. The van der Waals surface area contributed by atoms with Crippen molar-refractivity contribution in [3.05, 3.63) is 17.5 Å². The van der Waals surface area contributed by atoms with Crippen LogP contribution in [0.5, 0.6) is 0 Å². The quantitative estimate of drug-likeness (QED) is 0.566. The average molecular weight is 383 g/mol. The Morgan fingerprint density at radius 1 is 1.28 bits per heavy atom. The molecule has 2 rings (SSSR count). The Bertz CT molecular complexity index is 704. The van der Waals surface area contributed by atoms with Gasteiger partial charge in [-0.05, 0) is 19.3 Å². The normalized spacial score (nSPS) is 12.6. The first-order chi connectivity index (χ1) is 12.1. The third-order valence-electron chi connectivity index (χ3n) is 4.18. The summed E-state index contributed by atoms with van der Waals surface area (Å²) in [5.41, 5.74) is 7.15. The van der Waals surface area contributed by atoms with Crippen LogP contribution in [0, 0.1) is 0 Å². The van der Waals surface area contributed by atoms with Gasteiger partial charge in [-0.15, -0.1) is 11.8 Å². The van der Waals surface area contributed by atoms with E-state index < -0.39 is 0 Å². The first-order valence-corrected chi connectivity index (χ1v) is 10.3. The number of carbonyl (C=O) groups is 1. The van der Waals surface area contributed by atoms with Crippen LogP contribution in [0.1, 0.15) is 58.8 Å². The monoisotopic (exact) mass is 382 g/mol. The lowest BCUT2D eigenvalue weighted by Gasteiger charge is -2.16. The molecule has 1 amide bonds. The molecule has 1 atom stereocenters. The van der Waals surface area contributed by atoms with Crippen molar-refractivity contribution in [2.45, 2.75) is 75.6 Å². The predicted molar refractivity (Wildman–Crippen MR) is 105 cm³/mol. The third-order valence-corrected chi connectivity index (χ3v) is 5.79. The van der Waals surface area contributed by atoms with E-state index in [1.165, 1.54) is 0 Å². The molecule has 2 aromatic rings. The standard InChI is InChI=1S/C18H27ClN4OS/c1-3-5-7-13(8-9-15(20)24)25-18-17-16(14(19)11-21-18)22-12-23(17)10-6-4-2/h11-13H,3-10H2,1-2H3,(H2,20,24). The van der Waals surface area contributed by atoms with Gasteiger partial charge in [-0.2, -0.15) is 0 Å². The number of carbonyl (C=O) groups excluding carboxylic acids is 1. The van der Waals surface area contributed by atoms with Gasteiger partial charge < -0.3 is 10.3 Å². The lowest BCUT2D eigenvalue weighted by Crippen LogP contribution is -2.14. The molecule has 0 saturated carbocycles. The summed E-state index contributed by atoms with van der Waals surface area (Å²) >= 11 is 8.01. The Morgan fingerprint density at radius 2 is 2.04 bits per heavy atom. The Morgan fingerprint density at radius 3 is 2.72 bits per heavy atom. The molecule has 0 aromatic carbocycles. The maximum absolute atomic E-state index is 11.2. The Hall–Kier alpha value is -1.27. The number of thioether (sulfide) groups is 1. The molecular weight excluding hydrogens is 356 g/mol. The Labute approximate surface area is 158 Å². The second-order valence-corrected chi connectivity index (χ2v) is 7.98. The van der Waals surface area contributed by atoms with Crippen molar-refractivity contribution in [3.8, 4) is 0 Å². The molecule has 25 heavy (non-hydrogen) atoms. The van der Waals surface area contributed by atoms with Gasteiger partial charge in [-0.1, -0.05) is 44.7 Å². The number of aryl methyl sites for hydroxylation is 1. The molecule has 1 unspecified atom stereocenters. The van der Waals surface area contributed by atoms with Gasteiger partial charge in [0, 0.05) is 24.4 Å². The van der Waals surface area contributed by atoms with Crippen molar-refractivity contribution in [1.82, 2.24) is 14.5 Å². The number of hydrogen-bond acceptors (Lipinski definition) is 4. The second-order valence-electron chi connectivity index (χ2n) is 6.29. The molecule has 5 nitrogen and oxygen atoms in total. The summed E-state index contributed by atoms with van der Waals surface area (Å²) in [5.74, 6) is -0.246. The number of nitrogens with zero attached hydrogens (tertiary/aromatic N) is 3. The zero-order chi connectivity index (χ0) is 18.2. The average Bonchev–Trinajstić information content (AvgIpc) is 3.02. The molecule has 0 saturated heterocycles. The minimum absolute atomic E-state index is 0.246. The summed E-state index contributed by atoms with van der Waals surface area (Å²) in [6.45, 7) is 5.25. The van der Waals surface area contributed by atoms with Gasteiger partial charge in [-0.25, -0.2) is 9.97 Å². The van der Waals surface area contributed by atoms with Crippen molar-refractivity contribution in [2.75, 3.05) is 0 Å². The van der Waals surface area contributed by atoms with Gasteiger partial charge in [0.2, 0.25) is 5.91 Å². The summed E-state index contributed by atoms with van der Waals surface area (Å²) in [6.07, 6.45) is 10.2. The summed E-state index contributed by atoms with van der Waals surface area (Å²) in [5, 5.41) is 1.84. The summed E-state index contributed by atoms with van der Waals surface area (Å²) in [6, 6.07) is 0. The fourth-order valence-corrected chi connectivity index (χ4v) is 4.22. The molecule has 0 aliphatic rings. The smallest absolute Gasteiger partial charge is 0.217 e. The molecular formula is C18H27ClN4OS. The highest BCUT2D eigenvalue weighted by Gasteiger charge is 2.18. The number of amides is 1. The van der Waals surface area contributed by atoms with Crippen LogP contribution in [0.25, 0.3) is 11.0 Å². The summed E-state index contributed by atoms with van der Waals surface area (Å²) in [4.78, 5) is 20.2. The van der Waals surface area contributed by atoms with E-state index >= 15 is 0 Å². The minimum Gasteiger partial charge on any atom is -0.370 e. The highest BCUT2D eigenvalue weighted by molar-refractivity contribution is 8.00. The zero-order valence-electron chi connectivity index (χ0n) is 15.0. The number of primary amides is 1. The maximum atomic E-state index is 11.2. The Kier molecular flexibility index (Phi) is 8.03. The van der Waals surface area contributed by atoms with Crippen LogP contribution in [-0.2, 0) is 11.3 Å². The number of aromatic nitrogens is 3. The first kappa shape index (κ1) is 20.0. The molecule has 138 valence electrons. The highest BCUT2D eigenvalue weighted by Crippen LogP contribution is 2.35. The number of hydrogen-bond donors (Lipinski definition) is 1. The van der Waals surface area contributed by atoms with Crippen molar-refractivity contribution in [3.63, 3.8) is 0 Å². The van der Waals surface area contributed by atoms with Gasteiger partial charge >= 0.3 is 0 Å². The van der Waals surface area contributed by atoms with Crippen molar-refractivity contribution in [2.24, 2.45) is 5.73 Å². The van der Waals surface area contributed by atoms with E-state index in [1.807, 2.05) is 6.33 Å². The van der Waals surface area contributed by atoms with Crippen molar-refractivity contribution < 1.29 is 4.79 Å². The molecule has 0 spiro atoms. The van der Waals surface area contributed by atoms with Crippen LogP contribution in [0.3, 0.4) is 0 Å². The molecule has 0 fully saturated rings. The molecule has 2 aromatic heterocycles. The molecule has 0 aliphatic heterocycles. The SMILES string of the molecule is CCCCC(CCC(N)=O)Sc1ncc(Cl)c2ncn(CCCC)c12. The lowest BCUT2D eigenvalue weighted by atomic mass is 10.1. The molecule has 0 aliphatic carbocycles. The van der Waals surface area contributed by atoms with Crippen LogP contribution in [0.2, 0.25) is 5.02 Å². The largest absolute Gasteiger partial charge is 0.370 e. The number of nitrogens with two attached hydrogens (primary N) is 1. The highest BCUT2D eigenvalue weighted by atomic mass is 35.5. The van der Waals surface area contributed by atoms with Gasteiger partial charge in [0.05, 0.1) is 11.3 Å². The molecule has 2 heterocycles. The summed E-state index contributed by atoms with van der Waals surface area (Å²) in [7, 11) is 0. The van der Waals surface area contributed by atoms with Gasteiger partial charge in [0.25, 0.3) is 0 Å². The topological polar surface area (TPSA) is 73.8 Å². The van der Waals surface area contributed by atoms with E-state index in [9.17, 15) is 4.79 Å². The number of imidazole rings is 1. The maximum Gasteiger partial charge on any atom is 0.217 e. The predicted octanol–water partition coefficient (Wildman–Crippen LogP) is 4.80. The zero-order valence-corrected chi connectivity index (χ0v) is 16.6. The van der Waals surface area contributed by atoms with Crippen LogP contribution in [0.15, 0.2) is 17.6 Å². The molecule has 2 N–H and O–H groups in total. The van der Waals surface area contributed by atoms with E-state index in [2.05, 4.69) is 28.4 Å². The van der Waals surface area contributed by atoms with E-state index in [4.69, 9.17) is 17.3 Å². The molecule has 0 bridgehead atoms. The van der Waals surface area contributed by atoms with Crippen LogP contribution >= 0.6 is 23.4 Å². The summed E-state index contributed by atoms with van der Waals surface area (Å²) < 4.78 is 2.14. The minimum atomic E-state index is -0.246. The first-order valence-electron chi connectivity index (χ1n) is 9.01. The fourth-order valence-electron chi connectivity index (χ4n) is 2.76. The van der Waals surface area contributed by atoms with Crippen molar-refractivity contribution >= 4 is 40.3 Å². The number of unbranched alkanes of at least 4 members (excludes halogenated alkanes) is 2. The Balaban J connectivity index is 2.28. The van der Waals surface area contributed by atoms with Crippen LogP contribution < -0.4 is 5.73 Å². The van der Waals surface area contributed by atoms with Gasteiger partial charge in [0.1, 0.15) is 16.1 Å². The van der Waals surface area contributed by atoms with Gasteiger partial charge in [-0.3, -0.25) is 4.79 Å². The fraction of sp³-hybridized carbons (Fsp3) is 0.611. The van der Waals surface area contributed by atoms with Crippen molar-refractivity contribution in [1.29, 1.82) is 0 Å². The number of rotatable bonds is 11. The molecule has 0 radical (unpaired) electrons. The lowest BCUT2D eigenvalue weighted by molar-refractivity contribution is -0.118. The van der Waals surface area contributed by atoms with Gasteiger partial charge in [0.15, 0.2) is 0 Å². The van der Waals surface area contributed by atoms with E-state index in [0.717, 1.165) is 61.1 Å². The van der Waals surface area contributed by atoms with Crippen LogP contribution in [-0.4, -0.2) is 25.7 Å².